The van der Waals surface area contributed by atoms with Crippen molar-refractivity contribution in [1.29, 1.82) is 0 Å². The number of hydrogen-bond acceptors (Lipinski definition) is 2. The lowest BCUT2D eigenvalue weighted by molar-refractivity contribution is 0.213. The van der Waals surface area contributed by atoms with E-state index >= 15 is 0 Å². The highest BCUT2D eigenvalue weighted by molar-refractivity contribution is 6.34. The lowest BCUT2D eigenvalue weighted by Gasteiger charge is -2.02. The van der Waals surface area contributed by atoms with Gasteiger partial charge in [-0.25, -0.2) is 4.39 Å². The van der Waals surface area contributed by atoms with Crippen LogP contribution in [0.4, 0.5) is 4.39 Å². The SMILES string of the molecule is CON=C(C)c1ccc(F)cc1Cl. The summed E-state index contributed by atoms with van der Waals surface area (Å²) in [5.41, 5.74) is 1.29. The van der Waals surface area contributed by atoms with E-state index < -0.39 is 0 Å². The van der Waals surface area contributed by atoms with Gasteiger partial charge in [-0.3, -0.25) is 0 Å². The fourth-order valence-electron chi connectivity index (χ4n) is 0.969. The first kappa shape index (κ1) is 9.99. The topological polar surface area (TPSA) is 21.6 Å². The molecule has 0 atom stereocenters. The van der Waals surface area contributed by atoms with E-state index in [1.807, 2.05) is 0 Å². The van der Waals surface area contributed by atoms with Gasteiger partial charge in [0, 0.05) is 5.56 Å². The first-order valence-corrected chi connectivity index (χ1v) is 4.06. The van der Waals surface area contributed by atoms with E-state index in [1.54, 1.807) is 13.0 Å². The standard InChI is InChI=1S/C9H9ClFNO/c1-6(12-13-2)8-4-3-7(11)5-9(8)10/h3-5H,1-2H3. The quantitative estimate of drug-likeness (QED) is 0.533. The van der Waals surface area contributed by atoms with E-state index in [-0.39, 0.29) is 5.82 Å². The average molecular weight is 202 g/mol. The number of hydrogen-bond donors (Lipinski definition) is 0. The summed E-state index contributed by atoms with van der Waals surface area (Å²) in [4.78, 5) is 4.58. The first-order chi connectivity index (χ1) is 6.15. The van der Waals surface area contributed by atoms with Gasteiger partial charge >= 0.3 is 0 Å². The maximum Gasteiger partial charge on any atom is 0.124 e. The third kappa shape index (κ3) is 2.42. The zero-order valence-electron chi connectivity index (χ0n) is 7.34. The molecule has 4 heteroatoms. The molecule has 0 bridgehead atoms. The van der Waals surface area contributed by atoms with E-state index in [1.165, 1.54) is 19.2 Å². The van der Waals surface area contributed by atoms with E-state index in [0.717, 1.165) is 0 Å². The molecule has 1 rings (SSSR count). The van der Waals surface area contributed by atoms with Gasteiger partial charge in [0.05, 0.1) is 10.7 Å². The Morgan fingerprint density at radius 1 is 1.54 bits per heavy atom. The maximum absolute atomic E-state index is 12.6. The number of halogens is 2. The van der Waals surface area contributed by atoms with Gasteiger partial charge in [-0.05, 0) is 25.1 Å². The third-order valence-electron chi connectivity index (χ3n) is 1.55. The monoisotopic (exact) mass is 201 g/mol. The van der Waals surface area contributed by atoms with Crippen molar-refractivity contribution < 1.29 is 9.23 Å². The summed E-state index contributed by atoms with van der Waals surface area (Å²) in [6.07, 6.45) is 0. The van der Waals surface area contributed by atoms with Crippen LogP contribution in [0.2, 0.25) is 5.02 Å². The third-order valence-corrected chi connectivity index (χ3v) is 1.86. The maximum atomic E-state index is 12.6. The Bertz CT molecular complexity index is 338. The van der Waals surface area contributed by atoms with Gasteiger partial charge in [0.2, 0.25) is 0 Å². The molecule has 13 heavy (non-hydrogen) atoms. The van der Waals surface area contributed by atoms with Gasteiger partial charge in [0.15, 0.2) is 0 Å². The Morgan fingerprint density at radius 2 is 2.23 bits per heavy atom. The molecule has 0 aliphatic heterocycles. The molecule has 1 aromatic rings. The van der Waals surface area contributed by atoms with Crippen LogP contribution in [0.15, 0.2) is 23.4 Å². The molecular formula is C9H9ClFNO. The van der Waals surface area contributed by atoms with Crippen molar-refractivity contribution in [3.63, 3.8) is 0 Å². The molecule has 0 spiro atoms. The molecule has 0 N–H and O–H groups in total. The fraction of sp³-hybridized carbons (Fsp3) is 0.222. The van der Waals surface area contributed by atoms with Crippen molar-refractivity contribution in [2.75, 3.05) is 7.11 Å². The number of oxime groups is 1. The Kier molecular flexibility index (Phi) is 3.25. The van der Waals surface area contributed by atoms with Gasteiger partial charge in [-0.2, -0.15) is 0 Å². The molecule has 0 saturated carbocycles. The van der Waals surface area contributed by atoms with E-state index in [9.17, 15) is 4.39 Å². The zero-order chi connectivity index (χ0) is 9.84. The minimum absolute atomic E-state index is 0.332. The summed E-state index contributed by atoms with van der Waals surface area (Å²) < 4.78 is 12.6. The lowest BCUT2D eigenvalue weighted by atomic mass is 10.1. The van der Waals surface area contributed by atoms with Crippen LogP contribution < -0.4 is 0 Å². The van der Waals surface area contributed by atoms with Crippen molar-refractivity contribution >= 4 is 17.3 Å². The number of benzene rings is 1. The van der Waals surface area contributed by atoms with Crippen LogP contribution in [0.25, 0.3) is 0 Å². The second-order valence-corrected chi connectivity index (χ2v) is 2.89. The number of nitrogens with zero attached hydrogens (tertiary/aromatic N) is 1. The first-order valence-electron chi connectivity index (χ1n) is 3.68. The summed E-state index contributed by atoms with van der Waals surface area (Å²) in [5, 5.41) is 4.03. The summed E-state index contributed by atoms with van der Waals surface area (Å²) in [7, 11) is 1.45. The molecule has 0 unspecified atom stereocenters. The van der Waals surface area contributed by atoms with Crippen LogP contribution in [0.5, 0.6) is 0 Å². The van der Waals surface area contributed by atoms with Gasteiger partial charge in [0.1, 0.15) is 12.9 Å². The lowest BCUT2D eigenvalue weighted by Crippen LogP contribution is -1.96. The van der Waals surface area contributed by atoms with Gasteiger partial charge < -0.3 is 4.84 Å². The normalized spacial score (nSPS) is 11.5. The van der Waals surface area contributed by atoms with E-state index in [4.69, 9.17) is 11.6 Å². The van der Waals surface area contributed by atoms with Gasteiger partial charge in [0.25, 0.3) is 0 Å². The van der Waals surface area contributed by atoms with Crippen LogP contribution >= 0.6 is 11.6 Å². The Morgan fingerprint density at radius 3 is 2.77 bits per heavy atom. The van der Waals surface area contributed by atoms with Crippen molar-refractivity contribution in [2.24, 2.45) is 5.16 Å². The highest BCUT2D eigenvalue weighted by Gasteiger charge is 2.04. The van der Waals surface area contributed by atoms with Gasteiger partial charge in [-0.1, -0.05) is 16.8 Å². The molecule has 0 radical (unpaired) electrons. The smallest absolute Gasteiger partial charge is 0.124 e. The highest BCUT2D eigenvalue weighted by atomic mass is 35.5. The summed E-state index contributed by atoms with van der Waals surface area (Å²) in [6.45, 7) is 1.74. The predicted molar refractivity (Wildman–Crippen MR) is 50.6 cm³/mol. The number of rotatable bonds is 2. The van der Waals surface area contributed by atoms with E-state index in [0.29, 0.717) is 16.3 Å². The largest absolute Gasteiger partial charge is 0.399 e. The van der Waals surface area contributed by atoms with Crippen molar-refractivity contribution in [2.45, 2.75) is 6.92 Å². The summed E-state index contributed by atoms with van der Waals surface area (Å²) >= 11 is 5.78. The van der Waals surface area contributed by atoms with Crippen LogP contribution in [0.1, 0.15) is 12.5 Å². The molecule has 1 aromatic carbocycles. The van der Waals surface area contributed by atoms with Crippen molar-refractivity contribution in [1.82, 2.24) is 0 Å². The van der Waals surface area contributed by atoms with Crippen molar-refractivity contribution in [3.8, 4) is 0 Å². The van der Waals surface area contributed by atoms with E-state index in [2.05, 4.69) is 9.99 Å². The summed E-state index contributed by atoms with van der Waals surface area (Å²) in [5.74, 6) is -0.362. The van der Waals surface area contributed by atoms with Crippen LogP contribution in [-0.4, -0.2) is 12.8 Å². The van der Waals surface area contributed by atoms with Crippen LogP contribution in [0, 0.1) is 5.82 Å². The predicted octanol–water partition coefficient (Wildman–Crippen LogP) is 2.85. The zero-order valence-corrected chi connectivity index (χ0v) is 8.10. The molecule has 0 saturated heterocycles. The average Bonchev–Trinajstić information content (AvgIpc) is 2.04. The minimum Gasteiger partial charge on any atom is -0.399 e. The second-order valence-electron chi connectivity index (χ2n) is 2.48. The fourth-order valence-corrected chi connectivity index (χ4v) is 1.27. The van der Waals surface area contributed by atoms with Crippen LogP contribution in [0.3, 0.4) is 0 Å². The Balaban J connectivity index is 3.09. The molecule has 0 aromatic heterocycles. The molecule has 0 heterocycles. The Labute approximate surface area is 81.0 Å². The highest BCUT2D eigenvalue weighted by Crippen LogP contribution is 2.17. The van der Waals surface area contributed by atoms with Gasteiger partial charge in [-0.15, -0.1) is 0 Å². The van der Waals surface area contributed by atoms with Crippen molar-refractivity contribution in [3.05, 3.63) is 34.6 Å². The Hall–Kier alpha value is -1.09. The second kappa shape index (κ2) is 4.23. The molecule has 0 fully saturated rings. The molecule has 0 amide bonds. The van der Waals surface area contributed by atoms with Crippen LogP contribution in [-0.2, 0) is 4.84 Å². The molecular weight excluding hydrogens is 193 g/mol. The molecule has 0 aliphatic rings. The minimum atomic E-state index is -0.362. The molecule has 2 nitrogen and oxygen atoms in total. The summed E-state index contributed by atoms with van der Waals surface area (Å²) in [6, 6.07) is 4.14. The molecule has 0 aliphatic carbocycles. The molecule has 70 valence electrons.